The summed E-state index contributed by atoms with van der Waals surface area (Å²) in [5, 5.41) is 9.26. The molecule has 0 radical (unpaired) electrons. The molecule has 3 atom stereocenters. The summed E-state index contributed by atoms with van der Waals surface area (Å²) in [6.07, 6.45) is 1.76. The number of carboxylic acids is 1. The minimum absolute atomic E-state index is 0.231. The highest BCUT2D eigenvalue weighted by atomic mass is 16.5. The first kappa shape index (κ1) is 13.4. The lowest BCUT2D eigenvalue weighted by Crippen LogP contribution is -2.45. The number of ether oxygens (including phenoxy) is 1. The molecule has 0 aliphatic carbocycles. The van der Waals surface area contributed by atoms with Gasteiger partial charge >= 0.3 is 5.97 Å². The van der Waals surface area contributed by atoms with Crippen molar-refractivity contribution in [3.63, 3.8) is 0 Å². The van der Waals surface area contributed by atoms with Crippen molar-refractivity contribution >= 4 is 5.97 Å². The van der Waals surface area contributed by atoms with Crippen molar-refractivity contribution in [2.75, 3.05) is 19.7 Å². The fourth-order valence-corrected chi connectivity index (χ4v) is 3.49. The van der Waals surface area contributed by atoms with Crippen molar-refractivity contribution in [1.29, 1.82) is 0 Å². The van der Waals surface area contributed by atoms with Crippen LogP contribution >= 0.6 is 0 Å². The van der Waals surface area contributed by atoms with Crippen LogP contribution in [0.5, 0.6) is 5.75 Å². The molecule has 0 aromatic heterocycles. The van der Waals surface area contributed by atoms with E-state index in [0.29, 0.717) is 19.1 Å². The fraction of sp³-hybridized carbons (Fsp3) is 0.562. The van der Waals surface area contributed by atoms with Crippen LogP contribution in [0.1, 0.15) is 31.4 Å². The zero-order chi connectivity index (χ0) is 14.1. The second kappa shape index (κ2) is 5.44. The first-order valence-corrected chi connectivity index (χ1v) is 7.35. The van der Waals surface area contributed by atoms with E-state index in [0.717, 1.165) is 25.1 Å². The van der Waals surface area contributed by atoms with Gasteiger partial charge in [-0.3, -0.25) is 9.69 Å². The van der Waals surface area contributed by atoms with Gasteiger partial charge in [0.25, 0.3) is 0 Å². The average Bonchev–Trinajstić information content (AvgIpc) is 2.47. The average molecular weight is 275 g/mol. The molecule has 0 amide bonds. The van der Waals surface area contributed by atoms with Crippen LogP contribution in [0.15, 0.2) is 24.3 Å². The van der Waals surface area contributed by atoms with Gasteiger partial charge in [0.2, 0.25) is 0 Å². The van der Waals surface area contributed by atoms with Crippen LogP contribution < -0.4 is 4.74 Å². The van der Waals surface area contributed by atoms with E-state index in [2.05, 4.69) is 17.9 Å². The van der Waals surface area contributed by atoms with E-state index >= 15 is 0 Å². The van der Waals surface area contributed by atoms with E-state index in [4.69, 9.17) is 4.74 Å². The van der Waals surface area contributed by atoms with Gasteiger partial charge in [0.15, 0.2) is 0 Å². The minimum atomic E-state index is -0.664. The third-order valence-electron chi connectivity index (χ3n) is 4.47. The van der Waals surface area contributed by atoms with Crippen LogP contribution in [0.2, 0.25) is 0 Å². The molecule has 0 saturated carbocycles. The predicted molar refractivity (Wildman–Crippen MR) is 75.8 cm³/mol. The maximum atomic E-state index is 11.3. The fourth-order valence-electron chi connectivity index (χ4n) is 3.49. The predicted octanol–water partition coefficient (Wildman–Crippen LogP) is 2.55. The molecule has 4 heteroatoms. The van der Waals surface area contributed by atoms with E-state index in [9.17, 15) is 9.90 Å². The van der Waals surface area contributed by atoms with Crippen LogP contribution in [0, 0.1) is 11.8 Å². The lowest BCUT2D eigenvalue weighted by molar-refractivity contribution is -0.144. The molecule has 1 aromatic rings. The lowest BCUT2D eigenvalue weighted by atomic mass is 9.87. The summed E-state index contributed by atoms with van der Waals surface area (Å²) in [5.74, 6) is 0.444. The summed E-state index contributed by atoms with van der Waals surface area (Å²) in [6.45, 7) is 4.52. The summed E-state index contributed by atoms with van der Waals surface area (Å²) in [4.78, 5) is 13.6. The Hall–Kier alpha value is -1.55. The van der Waals surface area contributed by atoms with Gasteiger partial charge in [0.05, 0.1) is 12.5 Å². The monoisotopic (exact) mass is 275 g/mol. The number of benzene rings is 1. The van der Waals surface area contributed by atoms with Crippen molar-refractivity contribution in [2.24, 2.45) is 11.8 Å². The summed E-state index contributed by atoms with van der Waals surface area (Å²) < 4.78 is 5.79. The number of carbonyl (C=O) groups is 1. The van der Waals surface area contributed by atoms with E-state index in [1.54, 1.807) is 0 Å². The third kappa shape index (κ3) is 2.40. The number of hydrogen-bond acceptors (Lipinski definition) is 3. The van der Waals surface area contributed by atoms with Gasteiger partial charge in [-0.1, -0.05) is 25.1 Å². The zero-order valence-corrected chi connectivity index (χ0v) is 11.8. The molecule has 2 aliphatic heterocycles. The van der Waals surface area contributed by atoms with Gasteiger partial charge in [-0.15, -0.1) is 0 Å². The molecule has 0 bridgehead atoms. The zero-order valence-electron chi connectivity index (χ0n) is 11.8. The number of carboxylic acid groups (broad SMARTS) is 1. The van der Waals surface area contributed by atoms with Gasteiger partial charge < -0.3 is 9.84 Å². The normalized spacial score (nSPS) is 30.4. The van der Waals surface area contributed by atoms with Crippen LogP contribution in [0.3, 0.4) is 0 Å². The third-order valence-corrected chi connectivity index (χ3v) is 4.47. The molecule has 2 aliphatic rings. The quantitative estimate of drug-likeness (QED) is 0.901. The number of para-hydroxylation sites is 1. The largest absolute Gasteiger partial charge is 0.493 e. The molecule has 1 aromatic carbocycles. The number of fused-ring (bicyclic) bond motifs is 1. The second-order valence-corrected chi connectivity index (χ2v) is 5.94. The van der Waals surface area contributed by atoms with Gasteiger partial charge in [-0.05, 0) is 25.5 Å². The molecule has 3 unspecified atom stereocenters. The number of hydrogen-bond donors (Lipinski definition) is 1. The minimum Gasteiger partial charge on any atom is -0.493 e. The number of piperidine rings is 1. The van der Waals surface area contributed by atoms with Crippen molar-refractivity contribution in [3.05, 3.63) is 29.8 Å². The highest BCUT2D eigenvalue weighted by Crippen LogP contribution is 2.40. The number of likely N-dealkylation sites (tertiary alicyclic amines) is 1. The molecule has 2 heterocycles. The first-order chi connectivity index (χ1) is 9.66. The van der Waals surface area contributed by atoms with Crippen LogP contribution in [0.4, 0.5) is 0 Å². The van der Waals surface area contributed by atoms with Crippen molar-refractivity contribution in [2.45, 2.75) is 25.8 Å². The molecule has 3 rings (SSSR count). The second-order valence-electron chi connectivity index (χ2n) is 5.94. The van der Waals surface area contributed by atoms with Crippen LogP contribution in [-0.2, 0) is 4.79 Å². The van der Waals surface area contributed by atoms with Crippen molar-refractivity contribution in [1.82, 2.24) is 4.90 Å². The maximum absolute atomic E-state index is 11.3. The smallest absolute Gasteiger partial charge is 0.307 e. The number of nitrogens with zero attached hydrogens (tertiary/aromatic N) is 1. The summed E-state index contributed by atoms with van der Waals surface area (Å²) in [5.41, 5.74) is 1.21. The Morgan fingerprint density at radius 1 is 1.40 bits per heavy atom. The molecule has 4 nitrogen and oxygen atoms in total. The Bertz CT molecular complexity index is 502. The van der Waals surface area contributed by atoms with Gasteiger partial charge in [0, 0.05) is 24.1 Å². The molecular weight excluding hydrogens is 254 g/mol. The van der Waals surface area contributed by atoms with Gasteiger partial charge in [-0.25, -0.2) is 0 Å². The molecular formula is C16H21NO3. The van der Waals surface area contributed by atoms with Gasteiger partial charge in [-0.2, -0.15) is 0 Å². The molecule has 1 fully saturated rings. The van der Waals surface area contributed by atoms with Gasteiger partial charge in [0.1, 0.15) is 5.75 Å². The summed E-state index contributed by atoms with van der Waals surface area (Å²) in [6, 6.07) is 8.42. The van der Waals surface area contributed by atoms with Crippen molar-refractivity contribution < 1.29 is 14.6 Å². The SMILES string of the molecule is CC1COc2ccccc2C1N1CCCC(C(=O)O)C1. The Balaban J connectivity index is 1.87. The Labute approximate surface area is 119 Å². The Morgan fingerprint density at radius 2 is 2.20 bits per heavy atom. The highest BCUT2D eigenvalue weighted by molar-refractivity contribution is 5.70. The standard InChI is InChI=1S/C16H21NO3/c1-11-10-20-14-7-3-2-6-13(14)15(11)17-8-4-5-12(9-17)16(18)19/h2-3,6-7,11-12,15H,4-5,8-10H2,1H3,(H,18,19). The molecule has 20 heavy (non-hydrogen) atoms. The van der Waals surface area contributed by atoms with Crippen molar-refractivity contribution in [3.8, 4) is 5.75 Å². The Morgan fingerprint density at radius 3 is 3.00 bits per heavy atom. The van der Waals surface area contributed by atoms with E-state index in [1.807, 2.05) is 18.2 Å². The molecule has 108 valence electrons. The molecule has 1 saturated heterocycles. The van der Waals surface area contributed by atoms with Crippen LogP contribution in [-0.4, -0.2) is 35.7 Å². The number of rotatable bonds is 2. The summed E-state index contributed by atoms with van der Waals surface area (Å²) in [7, 11) is 0. The molecule has 0 spiro atoms. The topological polar surface area (TPSA) is 49.8 Å². The Kier molecular flexibility index (Phi) is 3.66. The van der Waals surface area contributed by atoms with E-state index in [1.165, 1.54) is 5.56 Å². The first-order valence-electron chi connectivity index (χ1n) is 7.35. The van der Waals surface area contributed by atoms with E-state index in [-0.39, 0.29) is 12.0 Å². The summed E-state index contributed by atoms with van der Waals surface area (Å²) >= 11 is 0. The lowest BCUT2D eigenvalue weighted by Gasteiger charge is -2.42. The number of aliphatic carboxylic acids is 1. The van der Waals surface area contributed by atoms with Crippen LogP contribution in [0.25, 0.3) is 0 Å². The molecule has 1 N–H and O–H groups in total. The highest BCUT2D eigenvalue weighted by Gasteiger charge is 2.36. The maximum Gasteiger partial charge on any atom is 0.307 e. The van der Waals surface area contributed by atoms with E-state index < -0.39 is 5.97 Å².